The van der Waals surface area contributed by atoms with Gasteiger partial charge >= 0.3 is 20.2 Å². The maximum absolute atomic E-state index is 12.3. The van der Waals surface area contributed by atoms with Crippen molar-refractivity contribution in [2.75, 3.05) is 0 Å². The Labute approximate surface area is 124 Å². The molecule has 0 aromatic rings. The summed E-state index contributed by atoms with van der Waals surface area (Å²) in [6.45, 7) is 5.30. The van der Waals surface area contributed by atoms with Gasteiger partial charge in [-0.3, -0.25) is 0 Å². The molecule has 12 heteroatoms. The van der Waals surface area contributed by atoms with E-state index in [2.05, 4.69) is 5.32 Å². The molecule has 0 amide bonds. The summed E-state index contributed by atoms with van der Waals surface area (Å²) in [4.78, 5) is 21.6. The summed E-state index contributed by atoms with van der Waals surface area (Å²) in [5.74, 6) is 0. The van der Waals surface area contributed by atoms with E-state index >= 15 is 0 Å². The van der Waals surface area contributed by atoms with Gasteiger partial charge in [0.15, 0.2) is 0 Å². The highest BCUT2D eigenvalue weighted by Crippen LogP contribution is 2.43. The van der Waals surface area contributed by atoms with Crippen LogP contribution in [0, 0.1) is 0 Å². The summed E-state index contributed by atoms with van der Waals surface area (Å²) in [7, 11) is -4.64. The Morgan fingerprint density at radius 3 is 1.18 bits per heavy atom. The molecule has 0 rings (SSSR count). The Hall–Kier alpha value is -0.350. The Balaban J connectivity index is 0. The third-order valence-electron chi connectivity index (χ3n) is 1.77. The minimum Gasteiger partial charge on any atom is -0.652 e. The van der Waals surface area contributed by atoms with Gasteiger partial charge in [-0.1, -0.05) is 27.7 Å². The third kappa shape index (κ3) is 21.9. The molecule has 5 nitrogen and oxygen atoms in total. The molecule has 0 heterocycles. The molecule has 136 valence electrons. The van der Waals surface area contributed by atoms with Gasteiger partial charge in [0.05, 0.1) is 0 Å². The predicted molar refractivity (Wildman–Crippen MR) is 67.1 cm³/mol. The van der Waals surface area contributed by atoms with E-state index in [0.717, 1.165) is 6.92 Å². The lowest BCUT2D eigenvalue weighted by molar-refractivity contribution is -0.171. The van der Waals surface area contributed by atoms with Crippen molar-refractivity contribution >= 4 is 7.82 Å². The lowest BCUT2D eigenvalue weighted by atomic mass is 9.89. The smallest absolute Gasteiger partial charge is 0.466 e. The summed E-state index contributed by atoms with van der Waals surface area (Å²) >= 11 is 0. The molecule has 0 aromatic carbocycles. The molecule has 0 radical (unpaired) electrons. The van der Waals surface area contributed by atoms with Crippen LogP contribution in [0.3, 0.4) is 0 Å². The monoisotopic (exact) mass is 362 g/mol. The van der Waals surface area contributed by atoms with Gasteiger partial charge < -0.3 is 20.0 Å². The summed E-state index contributed by atoms with van der Waals surface area (Å²) in [6.07, 6.45) is -12.5. The van der Waals surface area contributed by atoms with Crippen LogP contribution >= 0.6 is 7.82 Å². The second-order valence-corrected chi connectivity index (χ2v) is 6.90. The van der Waals surface area contributed by atoms with Crippen LogP contribution in [0.2, 0.25) is 0 Å². The zero-order chi connectivity index (χ0) is 18.6. The van der Waals surface area contributed by atoms with Gasteiger partial charge in [0.25, 0.3) is 0 Å². The van der Waals surface area contributed by atoms with Gasteiger partial charge in [-0.05, 0) is 0 Å². The molecule has 0 aliphatic rings. The minimum atomic E-state index is -4.67. The second kappa shape index (κ2) is 7.48. The number of rotatable bonds is 3. The quantitative estimate of drug-likeness (QED) is 0.525. The highest BCUT2D eigenvalue weighted by atomic mass is 31.2. The van der Waals surface area contributed by atoms with Gasteiger partial charge in [-0.15, -0.1) is 11.1 Å². The molecule has 0 unspecified atom stereocenters. The van der Waals surface area contributed by atoms with Crippen molar-refractivity contribution in [1.82, 2.24) is 0 Å². The van der Waals surface area contributed by atoms with Crippen LogP contribution in [0.1, 0.15) is 40.5 Å². The van der Waals surface area contributed by atoms with Crippen LogP contribution in [0.5, 0.6) is 0 Å². The minimum absolute atomic E-state index is 0.888. The Kier molecular flexibility index (Phi) is 8.13. The fraction of sp³-hybridized carbons (Fsp3) is 1.00. The van der Waals surface area contributed by atoms with Crippen molar-refractivity contribution in [2.45, 2.75) is 64.0 Å². The van der Waals surface area contributed by atoms with Gasteiger partial charge in [-0.25, -0.2) is 4.57 Å². The Morgan fingerprint density at radius 2 is 1.05 bits per heavy atom. The van der Waals surface area contributed by atoms with Crippen molar-refractivity contribution in [2.24, 2.45) is 0 Å². The van der Waals surface area contributed by atoms with Crippen LogP contribution in [-0.4, -0.2) is 38.1 Å². The molecule has 0 saturated carbocycles. The summed E-state index contributed by atoms with van der Waals surface area (Å²) in [6, 6.07) is 0. The fourth-order valence-electron chi connectivity index (χ4n) is 1.81. The van der Waals surface area contributed by atoms with E-state index in [1.54, 1.807) is 0 Å². The van der Waals surface area contributed by atoms with E-state index in [1.165, 1.54) is 20.8 Å². The molecular formula is C10H19F6NO4P-. The number of phosphoric acid groups is 1. The maximum atomic E-state index is 12.3. The fourth-order valence-corrected chi connectivity index (χ4v) is 1.81. The van der Waals surface area contributed by atoms with Crippen molar-refractivity contribution in [3.8, 4) is 0 Å². The topological polar surface area (TPSA) is 91.9 Å². The number of hydrogen-bond acceptors (Lipinski definition) is 1. The molecule has 0 fully saturated rings. The van der Waals surface area contributed by atoms with Crippen molar-refractivity contribution in [1.29, 1.82) is 0 Å². The zero-order valence-electron chi connectivity index (χ0n) is 12.3. The average molecular weight is 362 g/mol. The second-order valence-electron chi connectivity index (χ2n) is 5.88. The van der Waals surface area contributed by atoms with E-state index in [-0.39, 0.29) is 0 Å². The van der Waals surface area contributed by atoms with Crippen LogP contribution in [0.15, 0.2) is 0 Å². The summed E-state index contributed by atoms with van der Waals surface area (Å²) in [5.41, 5.74) is -3.12. The van der Waals surface area contributed by atoms with E-state index in [9.17, 15) is 26.3 Å². The zero-order valence-corrected chi connectivity index (χ0v) is 13.2. The molecule has 0 aliphatic heterocycles. The molecule has 0 spiro atoms. The SMILES string of the molecule is CC(C)(C)[N-]C(C)(CC(F)(F)F)CC(F)(F)F.O=P(O)(O)O. The van der Waals surface area contributed by atoms with E-state index in [1.807, 2.05) is 0 Å². The van der Waals surface area contributed by atoms with Crippen LogP contribution in [-0.2, 0) is 4.57 Å². The molecule has 3 N–H and O–H groups in total. The summed E-state index contributed by atoms with van der Waals surface area (Å²) in [5, 5.41) is 3.67. The van der Waals surface area contributed by atoms with Gasteiger partial charge in [0.2, 0.25) is 0 Å². The molecule has 0 aliphatic carbocycles. The number of alkyl halides is 6. The lowest BCUT2D eigenvalue weighted by Gasteiger charge is -2.52. The first-order chi connectivity index (χ1) is 9.12. The first-order valence-electron chi connectivity index (χ1n) is 5.78. The van der Waals surface area contributed by atoms with Crippen molar-refractivity contribution in [3.63, 3.8) is 0 Å². The van der Waals surface area contributed by atoms with Gasteiger partial charge in [0, 0.05) is 12.8 Å². The number of halogens is 6. The van der Waals surface area contributed by atoms with Crippen LogP contribution in [0.4, 0.5) is 26.3 Å². The predicted octanol–water partition coefficient (Wildman–Crippen LogP) is 3.89. The normalized spacial score (nSPS) is 14.4. The highest BCUT2D eigenvalue weighted by Gasteiger charge is 2.41. The van der Waals surface area contributed by atoms with E-state index in [0.29, 0.717) is 0 Å². The van der Waals surface area contributed by atoms with E-state index in [4.69, 9.17) is 19.2 Å². The van der Waals surface area contributed by atoms with Gasteiger partial charge in [0.1, 0.15) is 0 Å². The molecule has 22 heavy (non-hydrogen) atoms. The van der Waals surface area contributed by atoms with Crippen molar-refractivity contribution < 1.29 is 45.6 Å². The number of nitrogens with zero attached hydrogens (tertiary/aromatic N) is 1. The van der Waals surface area contributed by atoms with E-state index < -0.39 is 44.1 Å². The van der Waals surface area contributed by atoms with Gasteiger partial charge in [-0.2, -0.15) is 26.3 Å². The third-order valence-corrected chi connectivity index (χ3v) is 1.77. The summed E-state index contributed by atoms with van der Waals surface area (Å²) < 4.78 is 82.5. The van der Waals surface area contributed by atoms with Crippen LogP contribution in [0.25, 0.3) is 5.32 Å². The lowest BCUT2D eigenvalue weighted by Crippen LogP contribution is -2.40. The first-order valence-corrected chi connectivity index (χ1v) is 7.34. The highest BCUT2D eigenvalue weighted by molar-refractivity contribution is 7.45. The molecular weight excluding hydrogens is 343 g/mol. The van der Waals surface area contributed by atoms with Crippen molar-refractivity contribution in [3.05, 3.63) is 5.32 Å². The molecule has 0 atom stereocenters. The molecule has 0 saturated heterocycles. The largest absolute Gasteiger partial charge is 0.652 e. The molecule has 0 bridgehead atoms. The molecule has 0 aromatic heterocycles. The standard InChI is InChI=1S/C10H16F6N.H3O4P/c1-7(2,3)17-8(4,5-9(11,12)13)6-10(14,15)16;1-5(2,3)4/h5-6H2,1-4H3;(H3,1,2,3,4)/q-1;. The Morgan fingerprint density at radius 1 is 0.818 bits per heavy atom. The number of hydrogen-bond donors (Lipinski definition) is 3. The first kappa shape index (κ1) is 23.9. The average Bonchev–Trinajstić information content (AvgIpc) is 1.82. The Bertz CT molecular complexity index is 335. The maximum Gasteiger partial charge on any atom is 0.466 e. The van der Waals surface area contributed by atoms with Crippen LogP contribution < -0.4 is 0 Å².